The topological polar surface area (TPSA) is 33.1 Å². The normalized spacial score (nSPS) is 12.8. The monoisotopic (exact) mass is 253 g/mol. The molecular weight excluding hydrogens is 242 g/mol. The standard InChI is InChI=1S/C12H12ClNOS/c1-7-3-4-9(5-10(7)13)11(15)12-14-8(2)6-16-12/h3-6,11,15H,1-2H3. The highest BCUT2D eigenvalue weighted by Gasteiger charge is 2.14. The third kappa shape index (κ3) is 2.26. The van der Waals surface area contributed by atoms with Gasteiger partial charge in [-0.15, -0.1) is 11.3 Å². The lowest BCUT2D eigenvalue weighted by molar-refractivity contribution is 0.219. The summed E-state index contributed by atoms with van der Waals surface area (Å²) in [5.41, 5.74) is 2.72. The summed E-state index contributed by atoms with van der Waals surface area (Å²) in [6, 6.07) is 5.57. The first-order chi connectivity index (χ1) is 7.58. The average molecular weight is 254 g/mol. The minimum atomic E-state index is -0.684. The number of aryl methyl sites for hydroxylation is 2. The van der Waals surface area contributed by atoms with Gasteiger partial charge in [0.2, 0.25) is 0 Å². The van der Waals surface area contributed by atoms with Gasteiger partial charge in [0.1, 0.15) is 11.1 Å². The molecule has 16 heavy (non-hydrogen) atoms. The number of nitrogens with zero attached hydrogens (tertiary/aromatic N) is 1. The third-order valence-electron chi connectivity index (χ3n) is 2.38. The predicted octanol–water partition coefficient (Wildman–Crippen LogP) is 3.50. The van der Waals surface area contributed by atoms with Crippen molar-refractivity contribution in [2.24, 2.45) is 0 Å². The number of halogens is 1. The summed E-state index contributed by atoms with van der Waals surface area (Å²) in [4.78, 5) is 4.26. The predicted molar refractivity (Wildman–Crippen MR) is 67.1 cm³/mol. The molecule has 4 heteroatoms. The van der Waals surface area contributed by atoms with Crippen LogP contribution in [0.2, 0.25) is 5.02 Å². The van der Waals surface area contributed by atoms with Crippen LogP contribution >= 0.6 is 22.9 Å². The number of hydrogen-bond acceptors (Lipinski definition) is 3. The second kappa shape index (κ2) is 4.53. The number of thiazole rings is 1. The van der Waals surface area contributed by atoms with Gasteiger partial charge in [0.05, 0.1) is 0 Å². The maximum atomic E-state index is 10.1. The summed E-state index contributed by atoms with van der Waals surface area (Å²) in [5.74, 6) is 0. The van der Waals surface area contributed by atoms with Crippen LogP contribution in [0, 0.1) is 13.8 Å². The lowest BCUT2D eigenvalue weighted by atomic mass is 10.1. The number of aromatic nitrogens is 1. The Balaban J connectivity index is 2.33. The molecule has 2 aromatic rings. The van der Waals surface area contributed by atoms with Crippen LogP contribution in [0.3, 0.4) is 0 Å². The van der Waals surface area contributed by atoms with Crippen molar-refractivity contribution in [2.75, 3.05) is 0 Å². The Bertz CT molecular complexity index is 509. The Morgan fingerprint density at radius 3 is 2.69 bits per heavy atom. The van der Waals surface area contributed by atoms with E-state index in [1.807, 2.05) is 31.4 Å². The molecule has 0 amide bonds. The van der Waals surface area contributed by atoms with E-state index in [0.717, 1.165) is 16.8 Å². The van der Waals surface area contributed by atoms with Crippen molar-refractivity contribution in [3.63, 3.8) is 0 Å². The lowest BCUT2D eigenvalue weighted by Gasteiger charge is -2.09. The van der Waals surface area contributed by atoms with E-state index in [1.54, 1.807) is 6.07 Å². The molecule has 1 heterocycles. The van der Waals surface area contributed by atoms with Gasteiger partial charge in [-0.3, -0.25) is 0 Å². The molecule has 0 spiro atoms. The molecule has 0 aliphatic rings. The first-order valence-corrected chi connectivity index (χ1v) is 6.20. The van der Waals surface area contributed by atoms with E-state index in [2.05, 4.69) is 4.98 Å². The van der Waals surface area contributed by atoms with Gasteiger partial charge in [0, 0.05) is 16.1 Å². The van der Waals surface area contributed by atoms with E-state index in [0.29, 0.717) is 10.0 Å². The summed E-state index contributed by atoms with van der Waals surface area (Å²) < 4.78 is 0. The van der Waals surface area contributed by atoms with Crippen molar-refractivity contribution in [3.05, 3.63) is 50.4 Å². The van der Waals surface area contributed by atoms with Crippen molar-refractivity contribution in [1.29, 1.82) is 0 Å². The molecule has 1 atom stereocenters. The highest BCUT2D eigenvalue weighted by atomic mass is 35.5. The van der Waals surface area contributed by atoms with Crippen LogP contribution in [0.5, 0.6) is 0 Å². The van der Waals surface area contributed by atoms with Crippen molar-refractivity contribution in [1.82, 2.24) is 4.98 Å². The molecule has 2 nitrogen and oxygen atoms in total. The number of hydrogen-bond donors (Lipinski definition) is 1. The molecule has 0 fully saturated rings. The van der Waals surface area contributed by atoms with Crippen molar-refractivity contribution >= 4 is 22.9 Å². The quantitative estimate of drug-likeness (QED) is 0.889. The van der Waals surface area contributed by atoms with E-state index in [4.69, 9.17) is 11.6 Å². The molecule has 0 saturated carbocycles. The molecule has 0 aliphatic heterocycles. The Hall–Kier alpha value is -0.900. The first kappa shape index (κ1) is 11.6. The fourth-order valence-corrected chi connectivity index (χ4v) is 2.41. The van der Waals surface area contributed by atoms with Crippen LogP contribution in [0.15, 0.2) is 23.6 Å². The molecule has 1 unspecified atom stereocenters. The smallest absolute Gasteiger partial charge is 0.131 e. The van der Waals surface area contributed by atoms with E-state index < -0.39 is 6.10 Å². The van der Waals surface area contributed by atoms with Crippen molar-refractivity contribution in [3.8, 4) is 0 Å². The van der Waals surface area contributed by atoms with Gasteiger partial charge in [-0.25, -0.2) is 4.98 Å². The number of rotatable bonds is 2. The van der Waals surface area contributed by atoms with Crippen LogP contribution < -0.4 is 0 Å². The first-order valence-electron chi connectivity index (χ1n) is 4.94. The van der Waals surface area contributed by atoms with Crippen LogP contribution in [0.25, 0.3) is 0 Å². The van der Waals surface area contributed by atoms with E-state index in [-0.39, 0.29) is 0 Å². The van der Waals surface area contributed by atoms with Crippen LogP contribution in [-0.4, -0.2) is 10.1 Å². The van der Waals surface area contributed by atoms with Crippen molar-refractivity contribution < 1.29 is 5.11 Å². The highest BCUT2D eigenvalue weighted by Crippen LogP contribution is 2.27. The molecule has 2 rings (SSSR count). The molecule has 1 N–H and O–H groups in total. The van der Waals surface area contributed by atoms with Gasteiger partial charge in [-0.05, 0) is 31.0 Å². The Morgan fingerprint density at radius 2 is 2.12 bits per heavy atom. The summed E-state index contributed by atoms with van der Waals surface area (Å²) in [7, 11) is 0. The zero-order valence-electron chi connectivity index (χ0n) is 9.07. The number of benzene rings is 1. The molecule has 84 valence electrons. The van der Waals surface area contributed by atoms with Crippen LogP contribution in [0.4, 0.5) is 0 Å². The number of aliphatic hydroxyl groups excluding tert-OH is 1. The Kier molecular flexibility index (Phi) is 3.28. The SMILES string of the molecule is Cc1csc(C(O)c2ccc(C)c(Cl)c2)n1. The van der Waals surface area contributed by atoms with E-state index >= 15 is 0 Å². The van der Waals surface area contributed by atoms with Gasteiger partial charge in [-0.2, -0.15) is 0 Å². The second-order valence-corrected chi connectivity index (χ2v) is 5.04. The fourth-order valence-electron chi connectivity index (χ4n) is 1.42. The van der Waals surface area contributed by atoms with E-state index in [1.165, 1.54) is 11.3 Å². The molecule has 0 radical (unpaired) electrons. The number of aliphatic hydroxyl groups is 1. The minimum absolute atomic E-state index is 0.671. The average Bonchev–Trinajstić information content (AvgIpc) is 2.68. The lowest BCUT2D eigenvalue weighted by Crippen LogP contribution is -1.99. The summed E-state index contributed by atoms with van der Waals surface area (Å²) >= 11 is 7.48. The zero-order valence-corrected chi connectivity index (χ0v) is 10.6. The fraction of sp³-hybridized carbons (Fsp3) is 0.250. The zero-order chi connectivity index (χ0) is 11.7. The Labute approximate surface area is 104 Å². The van der Waals surface area contributed by atoms with Crippen LogP contribution in [-0.2, 0) is 0 Å². The van der Waals surface area contributed by atoms with Crippen LogP contribution in [0.1, 0.15) is 27.9 Å². The summed E-state index contributed by atoms with van der Waals surface area (Å²) in [6.45, 7) is 3.85. The minimum Gasteiger partial charge on any atom is -0.381 e. The second-order valence-electron chi connectivity index (χ2n) is 3.74. The van der Waals surface area contributed by atoms with E-state index in [9.17, 15) is 5.11 Å². The maximum absolute atomic E-state index is 10.1. The molecule has 1 aromatic heterocycles. The maximum Gasteiger partial charge on any atom is 0.131 e. The third-order valence-corrected chi connectivity index (χ3v) is 3.80. The van der Waals surface area contributed by atoms with Gasteiger partial charge in [0.15, 0.2) is 0 Å². The summed E-state index contributed by atoms with van der Waals surface area (Å²) in [6.07, 6.45) is -0.684. The van der Waals surface area contributed by atoms with Gasteiger partial charge < -0.3 is 5.11 Å². The molecule has 0 bridgehead atoms. The van der Waals surface area contributed by atoms with Gasteiger partial charge >= 0.3 is 0 Å². The van der Waals surface area contributed by atoms with Crippen molar-refractivity contribution in [2.45, 2.75) is 20.0 Å². The van der Waals surface area contributed by atoms with Gasteiger partial charge in [-0.1, -0.05) is 23.7 Å². The summed E-state index contributed by atoms with van der Waals surface area (Å²) in [5, 5.41) is 13.4. The molecule has 1 aromatic carbocycles. The molecule has 0 aliphatic carbocycles. The highest BCUT2D eigenvalue weighted by molar-refractivity contribution is 7.09. The molecule has 0 saturated heterocycles. The molecular formula is C12H12ClNOS. The van der Waals surface area contributed by atoms with Gasteiger partial charge in [0.25, 0.3) is 0 Å². The Morgan fingerprint density at radius 1 is 1.38 bits per heavy atom. The largest absolute Gasteiger partial charge is 0.381 e.